The van der Waals surface area contributed by atoms with E-state index in [1.807, 2.05) is 13.8 Å². The first-order chi connectivity index (χ1) is 6.21. The lowest BCUT2D eigenvalue weighted by Crippen LogP contribution is -2.28. The second-order valence-electron chi connectivity index (χ2n) is 2.96. The van der Waals surface area contributed by atoms with E-state index in [9.17, 15) is 0 Å². The molecular formula is C11H16O2. The minimum absolute atomic E-state index is 0.493. The monoisotopic (exact) mass is 180 g/mol. The van der Waals surface area contributed by atoms with Gasteiger partial charge in [-0.25, -0.2) is 0 Å². The molecule has 0 amide bonds. The van der Waals surface area contributed by atoms with Crippen LogP contribution in [0.2, 0.25) is 0 Å². The predicted octanol–water partition coefficient (Wildman–Crippen LogP) is 3.13. The summed E-state index contributed by atoms with van der Waals surface area (Å²) < 4.78 is 11.3. The number of allylic oxidation sites excluding steroid dienone is 2. The largest absolute Gasteiger partial charge is 0.448 e. The van der Waals surface area contributed by atoms with Crippen LogP contribution in [0.25, 0.3) is 0 Å². The van der Waals surface area contributed by atoms with Crippen LogP contribution < -0.4 is 0 Å². The fourth-order valence-corrected chi connectivity index (χ4v) is 1.35. The molecule has 0 fully saturated rings. The first-order valence-corrected chi connectivity index (χ1v) is 4.58. The lowest BCUT2D eigenvalue weighted by Gasteiger charge is -2.25. The van der Waals surface area contributed by atoms with Crippen molar-refractivity contribution in [2.45, 2.75) is 32.5 Å². The van der Waals surface area contributed by atoms with Gasteiger partial charge in [0.15, 0.2) is 11.5 Å². The third-order valence-electron chi connectivity index (χ3n) is 2.28. The fourth-order valence-electron chi connectivity index (χ4n) is 1.35. The van der Waals surface area contributed by atoms with Crippen LogP contribution in [-0.2, 0) is 9.47 Å². The molecule has 1 heterocycles. The topological polar surface area (TPSA) is 18.5 Å². The van der Waals surface area contributed by atoms with Crippen molar-refractivity contribution in [1.82, 2.24) is 0 Å². The molecule has 0 aliphatic carbocycles. The Labute approximate surface area is 79.5 Å². The number of hydrogen-bond acceptors (Lipinski definition) is 2. The van der Waals surface area contributed by atoms with Crippen molar-refractivity contribution >= 4 is 0 Å². The predicted molar refractivity (Wildman–Crippen MR) is 52.9 cm³/mol. The van der Waals surface area contributed by atoms with Gasteiger partial charge in [0.05, 0.1) is 0 Å². The second-order valence-corrected chi connectivity index (χ2v) is 2.96. The first-order valence-electron chi connectivity index (χ1n) is 4.58. The zero-order valence-corrected chi connectivity index (χ0v) is 8.30. The van der Waals surface area contributed by atoms with Crippen LogP contribution in [0.15, 0.2) is 36.8 Å². The van der Waals surface area contributed by atoms with Gasteiger partial charge in [0.25, 0.3) is 5.79 Å². The van der Waals surface area contributed by atoms with E-state index < -0.39 is 5.79 Å². The van der Waals surface area contributed by atoms with Crippen LogP contribution in [0, 0.1) is 0 Å². The van der Waals surface area contributed by atoms with Crippen LogP contribution in [-0.4, -0.2) is 5.79 Å². The molecule has 0 aromatic rings. The molecule has 2 heteroatoms. The molecule has 0 bridgehead atoms. The summed E-state index contributed by atoms with van der Waals surface area (Å²) in [5.74, 6) is 0.893. The van der Waals surface area contributed by atoms with Gasteiger partial charge in [-0.05, 0) is 12.2 Å². The van der Waals surface area contributed by atoms with Gasteiger partial charge < -0.3 is 9.47 Å². The lowest BCUT2D eigenvalue weighted by molar-refractivity contribution is -0.153. The molecule has 0 saturated heterocycles. The summed E-state index contributed by atoms with van der Waals surface area (Å²) in [4.78, 5) is 0. The Kier molecular flexibility index (Phi) is 2.81. The molecule has 0 spiro atoms. The summed E-state index contributed by atoms with van der Waals surface area (Å²) in [6, 6.07) is 0. The van der Waals surface area contributed by atoms with Gasteiger partial charge in [-0.3, -0.25) is 0 Å². The maximum absolute atomic E-state index is 5.67. The molecule has 2 nitrogen and oxygen atoms in total. The average molecular weight is 180 g/mol. The molecule has 0 unspecified atom stereocenters. The minimum atomic E-state index is -0.493. The van der Waals surface area contributed by atoms with Crippen LogP contribution in [0.5, 0.6) is 0 Å². The quantitative estimate of drug-likeness (QED) is 0.661. The molecule has 0 radical (unpaired) electrons. The van der Waals surface area contributed by atoms with Crippen molar-refractivity contribution in [2.24, 2.45) is 0 Å². The Morgan fingerprint density at radius 2 is 1.46 bits per heavy atom. The Morgan fingerprint density at radius 1 is 1.08 bits per heavy atom. The molecule has 1 aliphatic heterocycles. The average Bonchev–Trinajstić information content (AvgIpc) is 2.57. The lowest BCUT2D eigenvalue weighted by atomic mass is 10.1. The van der Waals surface area contributed by atoms with Crippen molar-refractivity contribution in [1.29, 1.82) is 0 Å². The van der Waals surface area contributed by atoms with Crippen LogP contribution >= 0.6 is 0 Å². The summed E-state index contributed by atoms with van der Waals surface area (Å²) >= 11 is 0. The fraction of sp³-hybridized carbons (Fsp3) is 0.455. The molecular weight excluding hydrogens is 164 g/mol. The highest BCUT2D eigenvalue weighted by Gasteiger charge is 2.37. The zero-order valence-electron chi connectivity index (χ0n) is 8.30. The third kappa shape index (κ3) is 1.62. The van der Waals surface area contributed by atoms with Crippen molar-refractivity contribution in [3.8, 4) is 0 Å². The Hall–Kier alpha value is -1.18. The number of hydrogen-bond donors (Lipinski definition) is 0. The number of ether oxygens (including phenoxy) is 2. The van der Waals surface area contributed by atoms with E-state index in [1.165, 1.54) is 0 Å². The third-order valence-corrected chi connectivity index (χ3v) is 2.28. The van der Waals surface area contributed by atoms with E-state index in [-0.39, 0.29) is 0 Å². The number of rotatable bonds is 4. The van der Waals surface area contributed by atoms with E-state index in [4.69, 9.17) is 9.47 Å². The van der Waals surface area contributed by atoms with Gasteiger partial charge in [-0.1, -0.05) is 27.0 Å². The van der Waals surface area contributed by atoms with Crippen molar-refractivity contribution in [3.05, 3.63) is 36.8 Å². The summed E-state index contributed by atoms with van der Waals surface area (Å²) in [5.41, 5.74) is 0. The van der Waals surface area contributed by atoms with E-state index in [2.05, 4.69) is 13.2 Å². The van der Waals surface area contributed by atoms with Gasteiger partial charge >= 0.3 is 0 Å². The molecule has 0 aromatic carbocycles. The molecule has 0 aromatic heterocycles. The van der Waals surface area contributed by atoms with E-state index in [1.54, 1.807) is 12.2 Å². The molecule has 0 atom stereocenters. The van der Waals surface area contributed by atoms with Crippen LogP contribution in [0.1, 0.15) is 26.7 Å². The van der Waals surface area contributed by atoms with Gasteiger partial charge in [0, 0.05) is 12.8 Å². The maximum atomic E-state index is 5.67. The highest BCUT2D eigenvalue weighted by molar-refractivity contribution is 5.25. The van der Waals surface area contributed by atoms with Gasteiger partial charge in [-0.15, -0.1) is 0 Å². The standard InChI is InChI=1S/C11H16O2/c1-5-9-10(6-2)13-11(7-3,8-4)12-9/h5-6H,1-2,7-8H2,3-4H3. The summed E-state index contributed by atoms with van der Waals surface area (Å²) in [5, 5.41) is 0. The van der Waals surface area contributed by atoms with E-state index in [0.717, 1.165) is 12.8 Å². The molecule has 13 heavy (non-hydrogen) atoms. The van der Waals surface area contributed by atoms with Gasteiger partial charge in [0.1, 0.15) is 0 Å². The molecule has 1 rings (SSSR count). The van der Waals surface area contributed by atoms with E-state index >= 15 is 0 Å². The van der Waals surface area contributed by atoms with Crippen molar-refractivity contribution in [3.63, 3.8) is 0 Å². The summed E-state index contributed by atoms with van der Waals surface area (Å²) in [6.45, 7) is 11.4. The van der Waals surface area contributed by atoms with Gasteiger partial charge in [0.2, 0.25) is 0 Å². The summed E-state index contributed by atoms with van der Waals surface area (Å²) in [7, 11) is 0. The molecule has 72 valence electrons. The zero-order chi connectivity index (χ0) is 9.90. The second kappa shape index (κ2) is 3.69. The Balaban J connectivity index is 2.87. The molecule has 0 N–H and O–H groups in total. The minimum Gasteiger partial charge on any atom is -0.448 e. The highest BCUT2D eigenvalue weighted by Crippen LogP contribution is 2.36. The maximum Gasteiger partial charge on any atom is 0.251 e. The summed E-state index contributed by atoms with van der Waals surface area (Å²) in [6.07, 6.45) is 4.95. The Morgan fingerprint density at radius 3 is 1.69 bits per heavy atom. The smallest absolute Gasteiger partial charge is 0.251 e. The normalized spacial score (nSPS) is 19.2. The van der Waals surface area contributed by atoms with Gasteiger partial charge in [-0.2, -0.15) is 0 Å². The molecule has 1 aliphatic rings. The molecule has 0 saturated carbocycles. The van der Waals surface area contributed by atoms with Crippen LogP contribution in [0.4, 0.5) is 0 Å². The van der Waals surface area contributed by atoms with Crippen LogP contribution in [0.3, 0.4) is 0 Å². The first kappa shape index (κ1) is 9.90. The van der Waals surface area contributed by atoms with Crippen molar-refractivity contribution in [2.75, 3.05) is 0 Å². The van der Waals surface area contributed by atoms with Crippen molar-refractivity contribution < 1.29 is 9.47 Å². The Bertz CT molecular complexity index is 225. The SMILES string of the molecule is C=CC1=C(C=C)OC(CC)(CC)O1. The van der Waals surface area contributed by atoms with E-state index in [0.29, 0.717) is 11.5 Å². The highest BCUT2D eigenvalue weighted by atomic mass is 16.7.